The number of benzene rings is 1. The smallest absolute Gasteiger partial charge is 0.416 e. The van der Waals surface area contributed by atoms with Gasteiger partial charge in [-0.3, -0.25) is 0 Å². The molecule has 5 heteroatoms. The summed E-state index contributed by atoms with van der Waals surface area (Å²) in [5.41, 5.74) is 4.63. The second-order valence-electron chi connectivity index (χ2n) is 3.23. The molecule has 0 aromatic heterocycles. The Morgan fingerprint density at radius 2 is 1.93 bits per heavy atom. The molecule has 0 amide bonds. The van der Waals surface area contributed by atoms with Crippen LogP contribution in [0.15, 0.2) is 18.2 Å². The van der Waals surface area contributed by atoms with Crippen LogP contribution in [0.2, 0.25) is 0 Å². The molecule has 2 nitrogen and oxygen atoms in total. The van der Waals surface area contributed by atoms with Gasteiger partial charge in [0.2, 0.25) is 0 Å². The number of rotatable bonds is 3. The molecule has 15 heavy (non-hydrogen) atoms. The van der Waals surface area contributed by atoms with Crippen molar-refractivity contribution in [3.8, 4) is 5.75 Å². The van der Waals surface area contributed by atoms with Crippen LogP contribution < -0.4 is 5.73 Å². The standard InChI is InChI=1S/C10H12F3NO/c11-10(12,13)9-6-8(15)4-3-7(9)2-1-5-14/h3-4,6,15H,1-2,5,14H2. The highest BCUT2D eigenvalue weighted by atomic mass is 19.4. The van der Waals surface area contributed by atoms with Gasteiger partial charge in [0.25, 0.3) is 0 Å². The summed E-state index contributed by atoms with van der Waals surface area (Å²) < 4.78 is 37.5. The van der Waals surface area contributed by atoms with Crippen molar-refractivity contribution < 1.29 is 18.3 Å². The van der Waals surface area contributed by atoms with Gasteiger partial charge in [-0.1, -0.05) is 6.07 Å². The lowest BCUT2D eigenvalue weighted by molar-refractivity contribution is -0.138. The Balaban J connectivity index is 3.04. The third-order valence-electron chi connectivity index (χ3n) is 2.05. The first kappa shape index (κ1) is 11.8. The Labute approximate surface area is 85.5 Å². The normalized spacial score (nSPS) is 11.7. The molecule has 0 aliphatic rings. The predicted octanol–water partition coefficient (Wildman–Crippen LogP) is 2.30. The number of halogens is 3. The Morgan fingerprint density at radius 1 is 1.27 bits per heavy atom. The van der Waals surface area contributed by atoms with Gasteiger partial charge in [0.15, 0.2) is 0 Å². The van der Waals surface area contributed by atoms with E-state index in [1.54, 1.807) is 0 Å². The molecule has 0 spiro atoms. The lowest BCUT2D eigenvalue weighted by Gasteiger charge is -2.12. The largest absolute Gasteiger partial charge is 0.508 e. The van der Waals surface area contributed by atoms with E-state index in [1.807, 2.05) is 0 Å². The maximum atomic E-state index is 12.5. The SMILES string of the molecule is NCCCc1ccc(O)cc1C(F)(F)F. The van der Waals surface area contributed by atoms with Gasteiger partial charge in [-0.15, -0.1) is 0 Å². The molecule has 3 N–H and O–H groups in total. The third kappa shape index (κ3) is 3.13. The zero-order valence-electron chi connectivity index (χ0n) is 8.01. The fraction of sp³-hybridized carbons (Fsp3) is 0.400. The number of hydrogen-bond acceptors (Lipinski definition) is 2. The van der Waals surface area contributed by atoms with Crippen LogP contribution in [0.25, 0.3) is 0 Å². The molecule has 1 rings (SSSR count). The maximum absolute atomic E-state index is 12.5. The van der Waals surface area contributed by atoms with Crippen LogP contribution in [0.1, 0.15) is 17.5 Å². The first-order chi connectivity index (χ1) is 6.95. The molecular formula is C10H12F3NO. The number of phenols is 1. The van der Waals surface area contributed by atoms with Crippen molar-refractivity contribution in [3.63, 3.8) is 0 Å². The van der Waals surface area contributed by atoms with E-state index in [1.165, 1.54) is 12.1 Å². The van der Waals surface area contributed by atoms with Gasteiger partial charge >= 0.3 is 6.18 Å². The summed E-state index contributed by atoms with van der Waals surface area (Å²) in [4.78, 5) is 0. The molecule has 0 heterocycles. The molecule has 0 unspecified atom stereocenters. The summed E-state index contributed by atoms with van der Waals surface area (Å²) >= 11 is 0. The van der Waals surface area contributed by atoms with Crippen LogP contribution >= 0.6 is 0 Å². The summed E-state index contributed by atoms with van der Waals surface area (Å²) in [7, 11) is 0. The van der Waals surface area contributed by atoms with Crippen LogP contribution in [-0.2, 0) is 12.6 Å². The Morgan fingerprint density at radius 3 is 2.47 bits per heavy atom. The van der Waals surface area contributed by atoms with Crippen molar-refractivity contribution in [1.82, 2.24) is 0 Å². The van der Waals surface area contributed by atoms with Gasteiger partial charge in [0.1, 0.15) is 5.75 Å². The summed E-state index contributed by atoms with van der Waals surface area (Å²) in [6, 6.07) is 3.28. The monoisotopic (exact) mass is 219 g/mol. The second-order valence-corrected chi connectivity index (χ2v) is 3.23. The van der Waals surface area contributed by atoms with Crippen LogP contribution in [0.4, 0.5) is 13.2 Å². The average Bonchev–Trinajstić information content (AvgIpc) is 2.14. The first-order valence-corrected chi connectivity index (χ1v) is 4.54. The number of nitrogens with two attached hydrogens (primary N) is 1. The van der Waals surface area contributed by atoms with E-state index in [2.05, 4.69) is 0 Å². The van der Waals surface area contributed by atoms with Gasteiger partial charge in [-0.05, 0) is 37.1 Å². The van der Waals surface area contributed by atoms with E-state index < -0.39 is 11.7 Å². The average molecular weight is 219 g/mol. The van der Waals surface area contributed by atoms with Crippen LogP contribution in [0.5, 0.6) is 5.75 Å². The van der Waals surface area contributed by atoms with Crippen molar-refractivity contribution in [1.29, 1.82) is 0 Å². The lowest BCUT2D eigenvalue weighted by Crippen LogP contribution is -2.10. The van der Waals surface area contributed by atoms with Gasteiger partial charge in [0, 0.05) is 0 Å². The van der Waals surface area contributed by atoms with Gasteiger partial charge < -0.3 is 10.8 Å². The molecule has 0 bridgehead atoms. The second kappa shape index (κ2) is 4.53. The van der Waals surface area contributed by atoms with E-state index in [9.17, 15) is 13.2 Å². The number of aryl methyl sites for hydroxylation is 1. The minimum Gasteiger partial charge on any atom is -0.508 e. The Hall–Kier alpha value is -1.23. The summed E-state index contributed by atoms with van der Waals surface area (Å²) in [6.45, 7) is 0.345. The molecule has 0 fully saturated rings. The van der Waals surface area contributed by atoms with E-state index in [0.29, 0.717) is 13.0 Å². The van der Waals surface area contributed by atoms with Crippen molar-refractivity contribution in [2.75, 3.05) is 6.54 Å². The molecule has 0 radical (unpaired) electrons. The summed E-state index contributed by atoms with van der Waals surface area (Å²) in [6.07, 6.45) is -3.66. The van der Waals surface area contributed by atoms with Crippen molar-refractivity contribution in [2.24, 2.45) is 5.73 Å². The maximum Gasteiger partial charge on any atom is 0.416 e. The number of phenolic OH excluding ortho intramolecular Hbond substituents is 1. The zero-order chi connectivity index (χ0) is 11.5. The number of hydrogen-bond donors (Lipinski definition) is 2. The minimum atomic E-state index is -4.43. The van der Waals surface area contributed by atoms with Gasteiger partial charge in [0.05, 0.1) is 5.56 Å². The molecule has 0 aliphatic carbocycles. The van der Waals surface area contributed by atoms with Crippen LogP contribution in [0.3, 0.4) is 0 Å². The minimum absolute atomic E-state index is 0.172. The molecule has 0 atom stereocenters. The molecule has 1 aromatic rings. The zero-order valence-corrected chi connectivity index (χ0v) is 8.01. The highest BCUT2D eigenvalue weighted by Gasteiger charge is 2.33. The van der Waals surface area contributed by atoms with E-state index in [-0.39, 0.29) is 17.7 Å². The Bertz CT molecular complexity index is 336. The Kier molecular flexibility index (Phi) is 3.57. The number of aromatic hydroxyl groups is 1. The number of alkyl halides is 3. The van der Waals surface area contributed by atoms with E-state index in [4.69, 9.17) is 10.8 Å². The molecule has 0 aliphatic heterocycles. The van der Waals surface area contributed by atoms with Crippen LogP contribution in [-0.4, -0.2) is 11.7 Å². The van der Waals surface area contributed by atoms with E-state index >= 15 is 0 Å². The quantitative estimate of drug-likeness (QED) is 0.819. The van der Waals surface area contributed by atoms with Gasteiger partial charge in [-0.25, -0.2) is 0 Å². The third-order valence-corrected chi connectivity index (χ3v) is 2.05. The fourth-order valence-electron chi connectivity index (χ4n) is 1.34. The summed E-state index contributed by atoms with van der Waals surface area (Å²) in [5.74, 6) is -0.376. The summed E-state index contributed by atoms with van der Waals surface area (Å²) in [5, 5.41) is 9.00. The molecule has 0 saturated carbocycles. The molecule has 84 valence electrons. The highest BCUT2D eigenvalue weighted by Crippen LogP contribution is 2.34. The van der Waals surface area contributed by atoms with E-state index in [0.717, 1.165) is 6.07 Å². The fourth-order valence-corrected chi connectivity index (χ4v) is 1.34. The van der Waals surface area contributed by atoms with Crippen molar-refractivity contribution in [3.05, 3.63) is 29.3 Å². The van der Waals surface area contributed by atoms with Crippen LogP contribution in [0, 0.1) is 0 Å². The van der Waals surface area contributed by atoms with Gasteiger partial charge in [-0.2, -0.15) is 13.2 Å². The van der Waals surface area contributed by atoms with Crippen molar-refractivity contribution >= 4 is 0 Å². The highest BCUT2D eigenvalue weighted by molar-refractivity contribution is 5.36. The topological polar surface area (TPSA) is 46.2 Å². The molecule has 0 saturated heterocycles. The first-order valence-electron chi connectivity index (χ1n) is 4.54. The molecular weight excluding hydrogens is 207 g/mol. The molecule has 1 aromatic carbocycles. The van der Waals surface area contributed by atoms with Crippen molar-refractivity contribution in [2.45, 2.75) is 19.0 Å². The lowest BCUT2D eigenvalue weighted by atomic mass is 10.0. The predicted molar refractivity (Wildman–Crippen MR) is 50.5 cm³/mol.